The van der Waals surface area contributed by atoms with Gasteiger partial charge in [0.1, 0.15) is 0 Å². The summed E-state index contributed by atoms with van der Waals surface area (Å²) in [6.45, 7) is 5.39. The van der Waals surface area contributed by atoms with E-state index in [-0.39, 0.29) is 24.3 Å². The summed E-state index contributed by atoms with van der Waals surface area (Å²) < 4.78 is 19.8. The molecule has 2 fully saturated rings. The highest BCUT2D eigenvalue weighted by Gasteiger charge is 2.29. The van der Waals surface area contributed by atoms with E-state index in [1.54, 1.807) is 13.3 Å². The molecule has 2 aliphatic rings. The van der Waals surface area contributed by atoms with E-state index in [2.05, 4.69) is 10.3 Å². The SMILES string of the molecule is CC.COC1CCN(c2ncc(C3CCC(=O)NC3=O)cc2F)CC1. The summed E-state index contributed by atoms with van der Waals surface area (Å²) in [7, 11) is 1.69. The smallest absolute Gasteiger partial charge is 0.234 e. The minimum Gasteiger partial charge on any atom is -0.381 e. The maximum atomic E-state index is 14.4. The van der Waals surface area contributed by atoms with Crippen LogP contribution in [0.3, 0.4) is 0 Å². The van der Waals surface area contributed by atoms with Gasteiger partial charge in [0.05, 0.1) is 12.0 Å². The molecule has 0 saturated carbocycles. The number of ether oxygens (including phenoxy) is 1. The van der Waals surface area contributed by atoms with Gasteiger partial charge in [-0.25, -0.2) is 9.37 Å². The number of aromatic nitrogens is 1. The van der Waals surface area contributed by atoms with Crippen LogP contribution in [0.25, 0.3) is 0 Å². The summed E-state index contributed by atoms with van der Waals surface area (Å²) in [6.07, 6.45) is 4.10. The van der Waals surface area contributed by atoms with Crippen molar-refractivity contribution in [3.63, 3.8) is 0 Å². The lowest BCUT2D eigenvalue weighted by atomic mass is 9.91. The second-order valence-corrected chi connectivity index (χ2v) is 6.00. The number of hydrogen-bond donors (Lipinski definition) is 1. The van der Waals surface area contributed by atoms with Crippen LogP contribution in [-0.4, -0.2) is 43.1 Å². The van der Waals surface area contributed by atoms with Gasteiger partial charge >= 0.3 is 0 Å². The fourth-order valence-corrected chi connectivity index (χ4v) is 3.18. The molecule has 25 heavy (non-hydrogen) atoms. The first-order chi connectivity index (χ1) is 12.1. The summed E-state index contributed by atoms with van der Waals surface area (Å²) >= 11 is 0. The van der Waals surface area contributed by atoms with Crippen molar-refractivity contribution in [1.82, 2.24) is 10.3 Å². The quantitative estimate of drug-likeness (QED) is 0.847. The van der Waals surface area contributed by atoms with Gasteiger partial charge in [-0.1, -0.05) is 13.8 Å². The Labute approximate surface area is 147 Å². The number of imide groups is 1. The van der Waals surface area contributed by atoms with Gasteiger partial charge in [0, 0.05) is 32.8 Å². The largest absolute Gasteiger partial charge is 0.381 e. The van der Waals surface area contributed by atoms with E-state index < -0.39 is 11.7 Å². The minimum atomic E-state index is -0.511. The number of anilines is 1. The van der Waals surface area contributed by atoms with Crippen LogP contribution in [0.5, 0.6) is 0 Å². The lowest BCUT2D eigenvalue weighted by Crippen LogP contribution is -2.40. The van der Waals surface area contributed by atoms with E-state index >= 15 is 0 Å². The Bertz CT molecular complexity index is 616. The average Bonchev–Trinajstić information content (AvgIpc) is 2.63. The monoisotopic (exact) mass is 351 g/mol. The first-order valence-electron chi connectivity index (χ1n) is 8.85. The molecule has 138 valence electrons. The molecule has 3 heterocycles. The topological polar surface area (TPSA) is 71.5 Å². The van der Waals surface area contributed by atoms with Gasteiger partial charge in [-0.3, -0.25) is 14.9 Å². The molecule has 1 atom stereocenters. The van der Waals surface area contributed by atoms with Gasteiger partial charge < -0.3 is 9.64 Å². The Morgan fingerprint density at radius 2 is 1.92 bits per heavy atom. The second kappa shape index (κ2) is 8.89. The summed E-state index contributed by atoms with van der Waals surface area (Å²) in [5.41, 5.74) is 0.517. The lowest BCUT2D eigenvalue weighted by Gasteiger charge is -2.32. The Hall–Kier alpha value is -2.02. The Morgan fingerprint density at radius 3 is 2.48 bits per heavy atom. The highest BCUT2D eigenvalue weighted by molar-refractivity contribution is 6.00. The van der Waals surface area contributed by atoms with Gasteiger partial charge in [-0.2, -0.15) is 0 Å². The van der Waals surface area contributed by atoms with Crippen molar-refractivity contribution in [2.45, 2.75) is 51.6 Å². The van der Waals surface area contributed by atoms with Gasteiger partial charge in [-0.15, -0.1) is 0 Å². The average molecular weight is 351 g/mol. The van der Waals surface area contributed by atoms with Crippen molar-refractivity contribution in [2.75, 3.05) is 25.1 Å². The van der Waals surface area contributed by atoms with Crippen molar-refractivity contribution < 1.29 is 18.7 Å². The van der Waals surface area contributed by atoms with E-state index in [1.807, 2.05) is 18.7 Å². The molecule has 1 aromatic heterocycles. The summed E-state index contributed by atoms with van der Waals surface area (Å²) in [5, 5.41) is 2.28. The van der Waals surface area contributed by atoms with Gasteiger partial charge in [0.25, 0.3) is 0 Å². The third-order valence-corrected chi connectivity index (χ3v) is 4.56. The zero-order chi connectivity index (χ0) is 18.4. The molecule has 0 aliphatic carbocycles. The number of hydrogen-bond acceptors (Lipinski definition) is 5. The zero-order valence-electron chi connectivity index (χ0n) is 15.0. The van der Waals surface area contributed by atoms with E-state index in [0.717, 1.165) is 12.8 Å². The molecule has 2 saturated heterocycles. The Kier molecular flexibility index (Phi) is 6.87. The zero-order valence-corrected chi connectivity index (χ0v) is 15.0. The summed E-state index contributed by atoms with van der Waals surface area (Å²) in [6, 6.07) is 1.37. The minimum absolute atomic E-state index is 0.219. The maximum absolute atomic E-state index is 14.4. The fourth-order valence-electron chi connectivity index (χ4n) is 3.18. The standard InChI is InChI=1S/C16H20FN3O3.C2H6/c1-23-11-4-6-20(7-5-11)15-13(17)8-10(9-18-15)12-2-3-14(21)19-16(12)22;1-2/h8-9,11-12H,2-7H2,1H3,(H,19,21,22);1-2H3. The highest BCUT2D eigenvalue weighted by Crippen LogP contribution is 2.28. The van der Waals surface area contributed by atoms with Crippen LogP contribution in [0.4, 0.5) is 10.2 Å². The molecule has 2 amide bonds. The van der Waals surface area contributed by atoms with Crippen molar-refractivity contribution in [2.24, 2.45) is 0 Å². The molecule has 3 rings (SSSR count). The number of methoxy groups -OCH3 is 1. The van der Waals surface area contributed by atoms with Crippen LogP contribution in [0, 0.1) is 5.82 Å². The number of rotatable bonds is 3. The summed E-state index contributed by atoms with van der Waals surface area (Å²) in [4.78, 5) is 29.2. The molecule has 6 nitrogen and oxygen atoms in total. The van der Waals surface area contributed by atoms with Crippen molar-refractivity contribution in [1.29, 1.82) is 0 Å². The van der Waals surface area contributed by atoms with Crippen molar-refractivity contribution >= 4 is 17.6 Å². The Balaban J connectivity index is 0.00000109. The lowest BCUT2D eigenvalue weighted by molar-refractivity contribution is -0.134. The Morgan fingerprint density at radius 1 is 1.24 bits per heavy atom. The van der Waals surface area contributed by atoms with Gasteiger partial charge in [-0.05, 0) is 30.9 Å². The number of nitrogens with one attached hydrogen (secondary N) is 1. The summed E-state index contributed by atoms with van der Waals surface area (Å²) in [5.74, 6) is -1.28. The predicted molar refractivity (Wildman–Crippen MR) is 92.9 cm³/mol. The first-order valence-corrected chi connectivity index (χ1v) is 8.85. The van der Waals surface area contributed by atoms with Crippen molar-refractivity contribution in [3.05, 3.63) is 23.6 Å². The van der Waals surface area contributed by atoms with Crippen LogP contribution < -0.4 is 10.2 Å². The number of halogens is 1. The van der Waals surface area contributed by atoms with E-state index in [4.69, 9.17) is 4.74 Å². The third-order valence-electron chi connectivity index (χ3n) is 4.56. The van der Waals surface area contributed by atoms with Crippen LogP contribution in [0.2, 0.25) is 0 Å². The third kappa shape index (κ3) is 4.54. The number of piperidine rings is 2. The highest BCUT2D eigenvalue weighted by atomic mass is 19.1. The van der Waals surface area contributed by atoms with Crippen LogP contribution in [0.15, 0.2) is 12.3 Å². The molecule has 0 spiro atoms. The molecule has 1 unspecified atom stereocenters. The number of nitrogens with zero attached hydrogens (tertiary/aromatic N) is 2. The van der Waals surface area contributed by atoms with E-state index in [9.17, 15) is 14.0 Å². The fraction of sp³-hybridized carbons (Fsp3) is 0.611. The molecular formula is C18H26FN3O3. The molecule has 0 aromatic carbocycles. The van der Waals surface area contributed by atoms with Crippen LogP contribution >= 0.6 is 0 Å². The molecular weight excluding hydrogens is 325 g/mol. The van der Waals surface area contributed by atoms with E-state index in [0.29, 0.717) is 30.9 Å². The number of amides is 2. The normalized spacial score (nSPS) is 21.4. The van der Waals surface area contributed by atoms with Crippen molar-refractivity contribution in [3.8, 4) is 0 Å². The molecule has 2 aliphatic heterocycles. The number of carbonyl (C=O) groups is 2. The number of pyridine rings is 1. The first kappa shape index (κ1) is 19.3. The molecule has 0 radical (unpaired) electrons. The maximum Gasteiger partial charge on any atom is 0.234 e. The molecule has 0 bridgehead atoms. The van der Waals surface area contributed by atoms with Gasteiger partial charge in [0.2, 0.25) is 11.8 Å². The number of carbonyl (C=O) groups excluding carboxylic acids is 2. The molecule has 1 N–H and O–H groups in total. The van der Waals surface area contributed by atoms with Crippen LogP contribution in [-0.2, 0) is 14.3 Å². The van der Waals surface area contributed by atoms with Crippen LogP contribution in [0.1, 0.15) is 51.0 Å². The second-order valence-electron chi connectivity index (χ2n) is 6.00. The van der Waals surface area contributed by atoms with Gasteiger partial charge in [0.15, 0.2) is 11.6 Å². The predicted octanol–water partition coefficient (Wildman–Crippen LogP) is 2.38. The molecule has 1 aromatic rings. The molecule has 7 heteroatoms. The van der Waals surface area contributed by atoms with E-state index in [1.165, 1.54) is 6.07 Å².